The molecule has 96 valence electrons. The highest BCUT2D eigenvalue weighted by molar-refractivity contribution is 5.89. The molecule has 0 aliphatic rings. The number of carbonyl (C=O) groups is 2. The maximum Gasteiger partial charge on any atom is 0.387 e. The minimum atomic E-state index is -2.98. The number of hydrogen-bond donors (Lipinski definition) is 1. The van der Waals surface area contributed by atoms with Crippen molar-refractivity contribution in [3.05, 3.63) is 34.9 Å². The highest BCUT2D eigenvalue weighted by atomic mass is 19.3. The van der Waals surface area contributed by atoms with Gasteiger partial charge in [0.15, 0.2) is 6.29 Å². The zero-order valence-electron chi connectivity index (χ0n) is 9.39. The summed E-state index contributed by atoms with van der Waals surface area (Å²) in [6.45, 7) is -1.46. The molecule has 0 saturated heterocycles. The molecule has 0 saturated carbocycles. The predicted molar refractivity (Wildman–Crippen MR) is 59.9 cm³/mol. The molecule has 0 radical (unpaired) electrons. The van der Waals surface area contributed by atoms with E-state index in [0.717, 1.165) is 12.1 Å². The molecule has 1 aromatic rings. The number of carboxylic acid groups (broad SMARTS) is 1. The number of benzene rings is 1. The molecule has 0 atom stereocenters. The van der Waals surface area contributed by atoms with Gasteiger partial charge >= 0.3 is 12.6 Å². The second kappa shape index (κ2) is 5.90. The van der Waals surface area contributed by atoms with Crippen molar-refractivity contribution in [1.29, 1.82) is 0 Å². The topological polar surface area (TPSA) is 63.6 Å². The Morgan fingerprint density at radius 1 is 1.39 bits per heavy atom. The molecule has 4 nitrogen and oxygen atoms in total. The Morgan fingerprint density at radius 2 is 2.06 bits per heavy atom. The van der Waals surface area contributed by atoms with Crippen LogP contribution in [-0.4, -0.2) is 24.0 Å². The molecule has 18 heavy (non-hydrogen) atoms. The number of aldehydes is 1. The van der Waals surface area contributed by atoms with Crippen LogP contribution in [0.5, 0.6) is 5.75 Å². The SMILES string of the molecule is Cc1cc(/C=C/C(=O)O)c(C=O)cc1OC(F)F. The first kappa shape index (κ1) is 13.8. The monoisotopic (exact) mass is 256 g/mol. The van der Waals surface area contributed by atoms with Crippen LogP contribution >= 0.6 is 0 Å². The molecule has 0 amide bonds. The van der Waals surface area contributed by atoms with E-state index in [1.54, 1.807) is 0 Å². The molecule has 6 heteroatoms. The van der Waals surface area contributed by atoms with Gasteiger partial charge in [-0.25, -0.2) is 4.79 Å². The van der Waals surface area contributed by atoms with Gasteiger partial charge in [-0.05, 0) is 36.3 Å². The highest BCUT2D eigenvalue weighted by Gasteiger charge is 2.10. The van der Waals surface area contributed by atoms with E-state index in [2.05, 4.69) is 4.74 Å². The van der Waals surface area contributed by atoms with E-state index in [-0.39, 0.29) is 11.3 Å². The molecule has 0 spiro atoms. The van der Waals surface area contributed by atoms with Crippen LogP contribution in [0.4, 0.5) is 8.78 Å². The zero-order chi connectivity index (χ0) is 13.7. The lowest BCUT2D eigenvalue weighted by atomic mass is 10.0. The Bertz CT molecular complexity index is 495. The summed E-state index contributed by atoms with van der Waals surface area (Å²) in [5.74, 6) is -1.28. The van der Waals surface area contributed by atoms with Gasteiger partial charge in [0.25, 0.3) is 0 Å². The van der Waals surface area contributed by atoms with Crippen LogP contribution in [0, 0.1) is 6.92 Å². The first-order valence-corrected chi connectivity index (χ1v) is 4.89. The number of carboxylic acids is 1. The molecule has 0 aliphatic heterocycles. The average molecular weight is 256 g/mol. The third kappa shape index (κ3) is 3.65. The van der Waals surface area contributed by atoms with Crippen LogP contribution in [0.2, 0.25) is 0 Å². The number of carbonyl (C=O) groups excluding carboxylic acids is 1. The van der Waals surface area contributed by atoms with Crippen molar-refractivity contribution < 1.29 is 28.2 Å². The minimum Gasteiger partial charge on any atom is -0.478 e. The molecule has 0 aliphatic carbocycles. The van der Waals surface area contributed by atoms with E-state index in [1.807, 2.05) is 0 Å². The van der Waals surface area contributed by atoms with Crippen molar-refractivity contribution in [2.45, 2.75) is 13.5 Å². The molecule has 1 N–H and O–H groups in total. The first-order chi connectivity index (χ1) is 8.43. The van der Waals surface area contributed by atoms with Gasteiger partial charge in [0.1, 0.15) is 5.75 Å². The summed E-state index contributed by atoms with van der Waals surface area (Å²) in [6.07, 6.45) is 2.51. The van der Waals surface area contributed by atoms with Crippen LogP contribution < -0.4 is 4.74 Å². The Hall–Kier alpha value is -2.24. The third-order valence-corrected chi connectivity index (χ3v) is 2.13. The maximum atomic E-state index is 12.1. The standard InChI is InChI=1S/C12H10F2O4/c1-7-4-8(2-3-11(16)17)9(6-15)5-10(7)18-12(13)14/h2-6,12H,1H3,(H,16,17)/b3-2+. The molecular weight excluding hydrogens is 246 g/mol. The fourth-order valence-electron chi connectivity index (χ4n) is 1.36. The highest BCUT2D eigenvalue weighted by Crippen LogP contribution is 2.24. The van der Waals surface area contributed by atoms with Crippen molar-refractivity contribution in [3.63, 3.8) is 0 Å². The summed E-state index contributed by atoms with van der Waals surface area (Å²) in [5.41, 5.74) is 0.784. The number of ether oxygens (including phenoxy) is 1. The van der Waals surface area contributed by atoms with Crippen LogP contribution in [0.15, 0.2) is 18.2 Å². The van der Waals surface area contributed by atoms with Gasteiger partial charge in [-0.15, -0.1) is 0 Å². The van der Waals surface area contributed by atoms with Gasteiger partial charge < -0.3 is 9.84 Å². The van der Waals surface area contributed by atoms with Crippen molar-refractivity contribution in [3.8, 4) is 5.75 Å². The lowest BCUT2D eigenvalue weighted by Crippen LogP contribution is -2.04. The Labute approximate surface area is 101 Å². The van der Waals surface area contributed by atoms with Crippen LogP contribution in [-0.2, 0) is 4.79 Å². The first-order valence-electron chi connectivity index (χ1n) is 4.89. The molecule has 0 heterocycles. The van der Waals surface area contributed by atoms with Gasteiger partial charge in [0.2, 0.25) is 0 Å². The molecule has 0 aromatic heterocycles. The smallest absolute Gasteiger partial charge is 0.387 e. The van der Waals surface area contributed by atoms with Gasteiger partial charge in [-0.3, -0.25) is 4.79 Å². The zero-order valence-corrected chi connectivity index (χ0v) is 9.39. The van der Waals surface area contributed by atoms with E-state index in [1.165, 1.54) is 19.1 Å². The van der Waals surface area contributed by atoms with E-state index < -0.39 is 12.6 Å². The van der Waals surface area contributed by atoms with Crippen LogP contribution in [0.1, 0.15) is 21.5 Å². The van der Waals surface area contributed by atoms with Gasteiger partial charge in [-0.1, -0.05) is 0 Å². The second-order valence-electron chi connectivity index (χ2n) is 3.41. The molecule has 0 fully saturated rings. The Kier molecular flexibility index (Phi) is 4.53. The molecular formula is C12H10F2O4. The quantitative estimate of drug-likeness (QED) is 0.649. The summed E-state index contributed by atoms with van der Waals surface area (Å²) in [4.78, 5) is 21.2. The molecule has 0 bridgehead atoms. The van der Waals surface area contributed by atoms with Crippen molar-refractivity contribution >= 4 is 18.3 Å². The van der Waals surface area contributed by atoms with E-state index in [0.29, 0.717) is 17.4 Å². The summed E-state index contributed by atoms with van der Waals surface area (Å²) in [5, 5.41) is 8.48. The maximum absolute atomic E-state index is 12.1. The normalized spacial score (nSPS) is 10.9. The number of rotatable bonds is 5. The van der Waals surface area contributed by atoms with Gasteiger partial charge in [0, 0.05) is 11.6 Å². The third-order valence-electron chi connectivity index (χ3n) is 2.13. The Balaban J connectivity index is 3.18. The lowest BCUT2D eigenvalue weighted by molar-refractivity contribution is -0.131. The number of aryl methyl sites for hydroxylation is 1. The van der Waals surface area contributed by atoms with Crippen molar-refractivity contribution in [1.82, 2.24) is 0 Å². The van der Waals surface area contributed by atoms with E-state index in [9.17, 15) is 18.4 Å². The summed E-state index contributed by atoms with van der Waals surface area (Å²) >= 11 is 0. The largest absolute Gasteiger partial charge is 0.478 e. The van der Waals surface area contributed by atoms with Crippen LogP contribution in [0.3, 0.4) is 0 Å². The summed E-state index contributed by atoms with van der Waals surface area (Å²) < 4.78 is 28.4. The summed E-state index contributed by atoms with van der Waals surface area (Å²) in [7, 11) is 0. The fraction of sp³-hybridized carbons (Fsp3) is 0.167. The van der Waals surface area contributed by atoms with E-state index in [4.69, 9.17) is 5.11 Å². The van der Waals surface area contributed by atoms with Crippen molar-refractivity contribution in [2.75, 3.05) is 0 Å². The number of hydrogen-bond acceptors (Lipinski definition) is 3. The number of halogens is 2. The number of aliphatic carboxylic acids is 1. The van der Waals surface area contributed by atoms with E-state index >= 15 is 0 Å². The Morgan fingerprint density at radius 3 is 2.56 bits per heavy atom. The average Bonchev–Trinajstić information content (AvgIpc) is 2.28. The van der Waals surface area contributed by atoms with Crippen LogP contribution in [0.25, 0.3) is 6.08 Å². The predicted octanol–water partition coefficient (Wildman–Crippen LogP) is 2.51. The van der Waals surface area contributed by atoms with Gasteiger partial charge in [0.05, 0.1) is 0 Å². The van der Waals surface area contributed by atoms with Gasteiger partial charge in [-0.2, -0.15) is 8.78 Å². The molecule has 1 aromatic carbocycles. The molecule has 0 unspecified atom stereocenters. The van der Waals surface area contributed by atoms with Crippen molar-refractivity contribution in [2.24, 2.45) is 0 Å². The second-order valence-corrected chi connectivity index (χ2v) is 3.41. The minimum absolute atomic E-state index is 0.0775. The molecule has 1 rings (SSSR count). The summed E-state index contributed by atoms with van der Waals surface area (Å²) in [6, 6.07) is 2.55. The number of alkyl halides is 2. The lowest BCUT2D eigenvalue weighted by Gasteiger charge is -2.10. The fourth-order valence-corrected chi connectivity index (χ4v) is 1.36.